The number of hydrogen-bond acceptors (Lipinski definition) is 3. The van der Waals surface area contributed by atoms with Crippen molar-refractivity contribution in [2.24, 2.45) is 0 Å². The second-order valence-corrected chi connectivity index (χ2v) is 2.75. The van der Waals surface area contributed by atoms with Gasteiger partial charge < -0.3 is 4.42 Å². The molecule has 14 heavy (non-hydrogen) atoms. The molecule has 0 aliphatic carbocycles. The number of hydrogen-bond donors (Lipinski definition) is 1. The van der Waals surface area contributed by atoms with Gasteiger partial charge in [-0.25, -0.2) is 5.48 Å². The van der Waals surface area contributed by atoms with Crippen molar-refractivity contribution in [3.05, 3.63) is 23.2 Å². The molecular weight excluding hydrogens is 182 g/mol. The van der Waals surface area contributed by atoms with Gasteiger partial charge in [-0.2, -0.15) is 0 Å². The summed E-state index contributed by atoms with van der Waals surface area (Å²) >= 11 is 0. The molecule has 0 radical (unpaired) electrons. The number of aryl methyl sites for hydroxylation is 2. The van der Waals surface area contributed by atoms with Crippen molar-refractivity contribution in [3.63, 3.8) is 0 Å². The van der Waals surface area contributed by atoms with E-state index in [2.05, 4.69) is 16.2 Å². The summed E-state index contributed by atoms with van der Waals surface area (Å²) in [6.45, 7) is 3.52. The van der Waals surface area contributed by atoms with Crippen LogP contribution in [0.25, 0.3) is 0 Å². The zero-order valence-electron chi connectivity index (χ0n) is 8.09. The first-order valence-corrected chi connectivity index (χ1v) is 4.07. The van der Waals surface area contributed by atoms with Crippen LogP contribution in [0.2, 0.25) is 0 Å². The van der Waals surface area contributed by atoms with Gasteiger partial charge in [-0.05, 0) is 19.9 Å². The highest BCUT2D eigenvalue weighted by molar-refractivity contribution is 5.94. The van der Waals surface area contributed by atoms with Crippen molar-refractivity contribution < 1.29 is 14.0 Å². The van der Waals surface area contributed by atoms with Crippen LogP contribution >= 0.6 is 0 Å². The number of terminal acetylenes is 1. The summed E-state index contributed by atoms with van der Waals surface area (Å²) in [6, 6.07) is 1.64. The molecule has 4 nitrogen and oxygen atoms in total. The first-order valence-electron chi connectivity index (χ1n) is 4.07. The van der Waals surface area contributed by atoms with E-state index in [-0.39, 0.29) is 12.5 Å². The van der Waals surface area contributed by atoms with Crippen molar-refractivity contribution in [1.82, 2.24) is 5.48 Å². The fourth-order valence-electron chi connectivity index (χ4n) is 1.05. The summed E-state index contributed by atoms with van der Waals surface area (Å²) in [5, 5.41) is 0. The Bertz CT molecular complexity index is 373. The van der Waals surface area contributed by atoms with E-state index < -0.39 is 0 Å². The molecule has 74 valence electrons. The van der Waals surface area contributed by atoms with Gasteiger partial charge in [0.25, 0.3) is 5.91 Å². The van der Waals surface area contributed by atoms with Gasteiger partial charge in [-0.15, -0.1) is 6.42 Å². The maximum absolute atomic E-state index is 11.4. The molecule has 1 N–H and O–H groups in total. The Morgan fingerprint density at radius 3 is 2.93 bits per heavy atom. The smallest absolute Gasteiger partial charge is 0.278 e. The van der Waals surface area contributed by atoms with E-state index >= 15 is 0 Å². The molecule has 0 spiro atoms. The lowest BCUT2D eigenvalue weighted by Gasteiger charge is -2.00. The van der Waals surface area contributed by atoms with Crippen LogP contribution in [0.3, 0.4) is 0 Å². The number of carbonyl (C=O) groups is 1. The summed E-state index contributed by atoms with van der Waals surface area (Å²) in [6.07, 6.45) is 4.94. The first kappa shape index (κ1) is 10.4. The number of carbonyl (C=O) groups excluding carboxylic acids is 1. The van der Waals surface area contributed by atoms with Gasteiger partial charge in [0.05, 0.1) is 5.56 Å². The summed E-state index contributed by atoms with van der Waals surface area (Å²) in [5.74, 6) is 3.13. The van der Waals surface area contributed by atoms with Crippen LogP contribution in [0.4, 0.5) is 0 Å². The Hall–Kier alpha value is -1.73. The van der Waals surface area contributed by atoms with Crippen molar-refractivity contribution in [2.45, 2.75) is 13.8 Å². The molecule has 1 amide bonds. The minimum Gasteiger partial charge on any atom is -0.466 e. The monoisotopic (exact) mass is 193 g/mol. The van der Waals surface area contributed by atoms with Crippen LogP contribution < -0.4 is 5.48 Å². The highest BCUT2D eigenvalue weighted by Gasteiger charge is 2.12. The molecule has 1 rings (SSSR count). The van der Waals surface area contributed by atoms with Crippen LogP contribution in [-0.2, 0) is 4.84 Å². The van der Waals surface area contributed by atoms with E-state index in [0.717, 1.165) is 0 Å². The molecule has 0 aliphatic rings. The molecule has 0 atom stereocenters. The molecule has 0 aromatic carbocycles. The van der Waals surface area contributed by atoms with Gasteiger partial charge in [0, 0.05) is 0 Å². The zero-order chi connectivity index (χ0) is 10.6. The van der Waals surface area contributed by atoms with Crippen LogP contribution in [-0.4, -0.2) is 12.5 Å². The molecule has 0 saturated heterocycles. The predicted octanol–water partition coefficient (Wildman–Crippen LogP) is 1.19. The molecule has 0 unspecified atom stereocenters. The van der Waals surface area contributed by atoms with Crippen molar-refractivity contribution >= 4 is 5.91 Å². The second-order valence-electron chi connectivity index (χ2n) is 2.75. The van der Waals surface area contributed by atoms with Crippen molar-refractivity contribution in [1.29, 1.82) is 0 Å². The number of furan rings is 1. The Morgan fingerprint density at radius 1 is 1.71 bits per heavy atom. The SMILES string of the molecule is C#CCONC(=O)c1cc(C)oc1C. The average molecular weight is 193 g/mol. The fraction of sp³-hybridized carbons (Fsp3) is 0.300. The minimum absolute atomic E-state index is 0.0433. The van der Waals surface area contributed by atoms with Crippen LogP contribution in [0, 0.1) is 26.2 Å². The summed E-state index contributed by atoms with van der Waals surface area (Å²) in [4.78, 5) is 16.1. The Balaban J connectivity index is 2.61. The lowest BCUT2D eigenvalue weighted by molar-refractivity contribution is 0.0436. The lowest BCUT2D eigenvalue weighted by Crippen LogP contribution is -2.24. The van der Waals surface area contributed by atoms with Gasteiger partial charge >= 0.3 is 0 Å². The quantitative estimate of drug-likeness (QED) is 0.445. The number of rotatable bonds is 3. The van der Waals surface area contributed by atoms with Crippen molar-refractivity contribution in [2.75, 3.05) is 6.61 Å². The van der Waals surface area contributed by atoms with Gasteiger partial charge in [0.2, 0.25) is 0 Å². The third kappa shape index (κ3) is 2.38. The molecule has 1 heterocycles. The van der Waals surface area contributed by atoms with E-state index in [9.17, 15) is 4.79 Å². The fourth-order valence-corrected chi connectivity index (χ4v) is 1.05. The van der Waals surface area contributed by atoms with Gasteiger partial charge in [-0.3, -0.25) is 9.63 Å². The number of amides is 1. The zero-order valence-corrected chi connectivity index (χ0v) is 8.09. The third-order valence-corrected chi connectivity index (χ3v) is 1.61. The molecule has 1 aromatic heterocycles. The van der Waals surface area contributed by atoms with Gasteiger partial charge in [-0.1, -0.05) is 5.92 Å². The molecule has 4 heteroatoms. The highest BCUT2D eigenvalue weighted by atomic mass is 16.6. The molecule has 0 bridgehead atoms. The van der Waals surface area contributed by atoms with E-state index in [1.807, 2.05) is 0 Å². The largest absolute Gasteiger partial charge is 0.466 e. The van der Waals surface area contributed by atoms with E-state index in [0.29, 0.717) is 17.1 Å². The number of hydroxylamine groups is 1. The standard InChI is InChI=1S/C10H11NO3/c1-4-5-13-11-10(12)9-6-7(2)14-8(9)3/h1,6H,5H2,2-3H3,(H,11,12). The average Bonchev–Trinajstić information content (AvgIpc) is 2.45. The molecule has 0 fully saturated rings. The lowest BCUT2D eigenvalue weighted by atomic mass is 10.2. The summed E-state index contributed by atoms with van der Waals surface area (Å²) in [5.41, 5.74) is 2.67. The topological polar surface area (TPSA) is 51.5 Å². The minimum atomic E-state index is -0.352. The Morgan fingerprint density at radius 2 is 2.43 bits per heavy atom. The van der Waals surface area contributed by atoms with E-state index in [1.165, 1.54) is 0 Å². The molecule has 1 aromatic rings. The second kappa shape index (κ2) is 4.49. The first-order chi connectivity index (χ1) is 6.65. The molecule has 0 saturated carbocycles. The summed E-state index contributed by atoms with van der Waals surface area (Å²) < 4.78 is 5.19. The van der Waals surface area contributed by atoms with E-state index in [1.54, 1.807) is 19.9 Å². The Kier molecular flexibility index (Phi) is 3.32. The molecule has 0 aliphatic heterocycles. The van der Waals surface area contributed by atoms with Gasteiger partial charge in [0.1, 0.15) is 18.1 Å². The van der Waals surface area contributed by atoms with Gasteiger partial charge in [0.15, 0.2) is 0 Å². The molecular formula is C10H11NO3. The van der Waals surface area contributed by atoms with Crippen LogP contribution in [0.1, 0.15) is 21.9 Å². The normalized spacial score (nSPS) is 9.50. The van der Waals surface area contributed by atoms with Crippen LogP contribution in [0.15, 0.2) is 10.5 Å². The maximum atomic E-state index is 11.4. The van der Waals surface area contributed by atoms with Crippen LogP contribution in [0.5, 0.6) is 0 Å². The Labute approximate surface area is 82.2 Å². The van der Waals surface area contributed by atoms with E-state index in [4.69, 9.17) is 10.8 Å². The highest BCUT2D eigenvalue weighted by Crippen LogP contribution is 2.12. The summed E-state index contributed by atoms with van der Waals surface area (Å²) in [7, 11) is 0. The third-order valence-electron chi connectivity index (χ3n) is 1.61. The predicted molar refractivity (Wildman–Crippen MR) is 50.4 cm³/mol. The maximum Gasteiger partial charge on any atom is 0.278 e. The van der Waals surface area contributed by atoms with Crippen molar-refractivity contribution in [3.8, 4) is 12.3 Å². The number of nitrogens with one attached hydrogen (secondary N) is 1.